The number of esters is 2. The quantitative estimate of drug-likeness (QED) is 0.412. The van der Waals surface area contributed by atoms with E-state index in [9.17, 15) is 24.5 Å². The highest BCUT2D eigenvalue weighted by Gasteiger charge is 2.23. The van der Waals surface area contributed by atoms with E-state index in [4.69, 9.17) is 16.3 Å². The zero-order chi connectivity index (χ0) is 19.9. The third-order valence-corrected chi connectivity index (χ3v) is 3.56. The Morgan fingerprint density at radius 2 is 1.96 bits per heavy atom. The molecule has 0 spiro atoms. The number of nitro benzene ring substituents is 1. The number of non-ortho nitro benzene ring substituents is 1. The summed E-state index contributed by atoms with van der Waals surface area (Å²) in [5.41, 5.74) is -0.393. The standard InChI is InChI=1S/C16H19ClN2O7/c1-9(2)6-13(16(22)25-3)18-14(20)8-26-15(21)11-5-4-10(19(23)24)7-12(11)17/h4-5,7,9,13H,6,8H2,1-3H3,(H,18,20)/t13-/m1/s1. The van der Waals surface area contributed by atoms with Crippen LogP contribution in [-0.2, 0) is 19.1 Å². The van der Waals surface area contributed by atoms with Crippen molar-refractivity contribution < 1.29 is 28.8 Å². The molecule has 0 aliphatic rings. The van der Waals surface area contributed by atoms with E-state index >= 15 is 0 Å². The minimum Gasteiger partial charge on any atom is -0.467 e. The highest BCUT2D eigenvalue weighted by molar-refractivity contribution is 6.33. The van der Waals surface area contributed by atoms with Crippen molar-refractivity contribution in [3.63, 3.8) is 0 Å². The van der Waals surface area contributed by atoms with Crippen LogP contribution in [0.4, 0.5) is 5.69 Å². The number of nitro groups is 1. The Morgan fingerprint density at radius 1 is 1.31 bits per heavy atom. The molecule has 0 aromatic heterocycles. The number of nitrogens with zero attached hydrogens (tertiary/aromatic N) is 1. The molecule has 0 aliphatic carbocycles. The maximum Gasteiger partial charge on any atom is 0.340 e. The summed E-state index contributed by atoms with van der Waals surface area (Å²) < 4.78 is 9.45. The summed E-state index contributed by atoms with van der Waals surface area (Å²) in [7, 11) is 1.21. The first-order valence-corrected chi connectivity index (χ1v) is 8.01. The first-order valence-electron chi connectivity index (χ1n) is 7.64. The molecule has 142 valence electrons. The number of methoxy groups -OCH3 is 1. The first kappa shape index (κ1) is 21.4. The maximum atomic E-state index is 12.0. The van der Waals surface area contributed by atoms with E-state index in [1.165, 1.54) is 7.11 Å². The third-order valence-electron chi connectivity index (χ3n) is 3.25. The van der Waals surface area contributed by atoms with Crippen LogP contribution in [0.15, 0.2) is 18.2 Å². The Hall–Kier alpha value is -2.68. The summed E-state index contributed by atoms with van der Waals surface area (Å²) in [6.07, 6.45) is 0.362. The lowest BCUT2D eigenvalue weighted by Crippen LogP contribution is -2.44. The van der Waals surface area contributed by atoms with Gasteiger partial charge in [-0.3, -0.25) is 14.9 Å². The molecular weight excluding hydrogens is 368 g/mol. The van der Waals surface area contributed by atoms with Crippen molar-refractivity contribution in [2.45, 2.75) is 26.3 Å². The lowest BCUT2D eigenvalue weighted by Gasteiger charge is -2.18. The molecule has 1 aromatic rings. The molecule has 0 fully saturated rings. The van der Waals surface area contributed by atoms with Gasteiger partial charge in [-0.25, -0.2) is 9.59 Å². The fraction of sp³-hybridized carbons (Fsp3) is 0.438. The molecule has 0 radical (unpaired) electrons. The number of halogens is 1. The normalized spacial score (nSPS) is 11.6. The van der Waals surface area contributed by atoms with Crippen LogP contribution in [0.25, 0.3) is 0 Å². The molecule has 1 rings (SSSR count). The Kier molecular flexibility index (Phi) is 7.98. The van der Waals surface area contributed by atoms with Gasteiger partial charge < -0.3 is 14.8 Å². The molecule has 0 aliphatic heterocycles. The van der Waals surface area contributed by atoms with Crippen molar-refractivity contribution in [1.82, 2.24) is 5.32 Å². The van der Waals surface area contributed by atoms with Gasteiger partial charge >= 0.3 is 11.9 Å². The summed E-state index contributed by atoms with van der Waals surface area (Å²) >= 11 is 5.82. The number of nitrogens with one attached hydrogen (secondary N) is 1. The minimum absolute atomic E-state index is 0.114. The van der Waals surface area contributed by atoms with Crippen molar-refractivity contribution in [3.8, 4) is 0 Å². The van der Waals surface area contributed by atoms with Gasteiger partial charge in [0.05, 0.1) is 22.6 Å². The van der Waals surface area contributed by atoms with Gasteiger partial charge in [0, 0.05) is 12.1 Å². The number of carbonyl (C=O) groups is 3. The highest BCUT2D eigenvalue weighted by Crippen LogP contribution is 2.23. The number of ether oxygens (including phenoxy) is 2. The topological polar surface area (TPSA) is 125 Å². The van der Waals surface area contributed by atoms with Crippen LogP contribution < -0.4 is 5.32 Å². The average molecular weight is 387 g/mol. The zero-order valence-corrected chi connectivity index (χ0v) is 15.2. The van der Waals surface area contributed by atoms with Gasteiger partial charge in [-0.05, 0) is 18.4 Å². The first-order chi connectivity index (χ1) is 12.1. The molecule has 1 N–H and O–H groups in total. The fourth-order valence-corrected chi connectivity index (χ4v) is 2.31. The van der Waals surface area contributed by atoms with E-state index in [2.05, 4.69) is 10.1 Å². The maximum absolute atomic E-state index is 12.0. The zero-order valence-electron chi connectivity index (χ0n) is 14.5. The van der Waals surface area contributed by atoms with Crippen molar-refractivity contribution in [2.75, 3.05) is 13.7 Å². The lowest BCUT2D eigenvalue weighted by molar-refractivity contribution is -0.384. The second-order valence-corrected chi connectivity index (χ2v) is 6.18. The monoisotopic (exact) mass is 386 g/mol. The van der Waals surface area contributed by atoms with E-state index in [-0.39, 0.29) is 22.2 Å². The van der Waals surface area contributed by atoms with Crippen LogP contribution >= 0.6 is 11.6 Å². The molecule has 0 saturated carbocycles. The summed E-state index contributed by atoms with van der Waals surface area (Å²) in [6, 6.07) is 2.39. The molecule has 0 unspecified atom stereocenters. The van der Waals surface area contributed by atoms with Crippen LogP contribution in [0.5, 0.6) is 0 Å². The van der Waals surface area contributed by atoms with Crippen LogP contribution in [0.2, 0.25) is 5.02 Å². The highest BCUT2D eigenvalue weighted by atomic mass is 35.5. The molecule has 0 saturated heterocycles. The molecule has 26 heavy (non-hydrogen) atoms. The van der Waals surface area contributed by atoms with Crippen molar-refractivity contribution in [3.05, 3.63) is 38.9 Å². The van der Waals surface area contributed by atoms with Crippen molar-refractivity contribution >= 4 is 35.1 Å². The van der Waals surface area contributed by atoms with Gasteiger partial charge in [-0.2, -0.15) is 0 Å². The lowest BCUT2D eigenvalue weighted by atomic mass is 10.0. The molecule has 0 bridgehead atoms. The molecule has 1 aromatic carbocycles. The van der Waals surface area contributed by atoms with Crippen LogP contribution in [0.1, 0.15) is 30.6 Å². The summed E-state index contributed by atoms with van der Waals surface area (Å²) in [4.78, 5) is 45.5. The second-order valence-electron chi connectivity index (χ2n) is 5.77. The van der Waals surface area contributed by atoms with Crippen LogP contribution in [0, 0.1) is 16.0 Å². The number of hydrogen-bond acceptors (Lipinski definition) is 7. The van der Waals surface area contributed by atoms with Gasteiger partial charge in [-0.1, -0.05) is 25.4 Å². The molecule has 10 heteroatoms. The number of amides is 1. The van der Waals surface area contributed by atoms with E-state index in [1.807, 2.05) is 13.8 Å². The van der Waals surface area contributed by atoms with Gasteiger partial charge in [-0.15, -0.1) is 0 Å². The SMILES string of the molecule is COC(=O)[C@@H](CC(C)C)NC(=O)COC(=O)c1ccc([N+](=O)[O-])cc1Cl. The molecule has 0 heterocycles. The smallest absolute Gasteiger partial charge is 0.340 e. The second kappa shape index (κ2) is 9.71. The fourth-order valence-electron chi connectivity index (χ4n) is 2.06. The summed E-state index contributed by atoms with van der Waals surface area (Å²) in [5.74, 6) is -2.08. The van der Waals surface area contributed by atoms with Gasteiger partial charge in [0.2, 0.25) is 0 Å². The van der Waals surface area contributed by atoms with Gasteiger partial charge in [0.25, 0.3) is 11.6 Å². The molecule has 1 atom stereocenters. The number of rotatable bonds is 8. The van der Waals surface area contributed by atoms with Crippen LogP contribution in [-0.4, -0.2) is 42.5 Å². The van der Waals surface area contributed by atoms with E-state index in [1.54, 1.807) is 0 Å². The van der Waals surface area contributed by atoms with Crippen molar-refractivity contribution in [1.29, 1.82) is 0 Å². The Labute approximate surface area is 154 Å². The summed E-state index contributed by atoms with van der Waals surface area (Å²) in [5, 5.41) is 12.9. The Bertz CT molecular complexity index is 706. The predicted molar refractivity (Wildman–Crippen MR) is 91.8 cm³/mol. The van der Waals surface area contributed by atoms with E-state index < -0.39 is 35.4 Å². The number of benzene rings is 1. The molecule has 1 amide bonds. The third kappa shape index (κ3) is 6.32. The van der Waals surface area contributed by atoms with Crippen molar-refractivity contribution in [2.24, 2.45) is 5.92 Å². The molecular formula is C16H19ClN2O7. The van der Waals surface area contributed by atoms with E-state index in [0.29, 0.717) is 6.42 Å². The number of carbonyl (C=O) groups excluding carboxylic acids is 3. The van der Waals surface area contributed by atoms with Crippen LogP contribution in [0.3, 0.4) is 0 Å². The van der Waals surface area contributed by atoms with Gasteiger partial charge in [0.1, 0.15) is 6.04 Å². The van der Waals surface area contributed by atoms with Gasteiger partial charge in [0.15, 0.2) is 6.61 Å². The molecule has 9 nitrogen and oxygen atoms in total. The average Bonchev–Trinajstić information content (AvgIpc) is 2.57. The largest absolute Gasteiger partial charge is 0.467 e. The minimum atomic E-state index is -0.918. The number of hydrogen-bond donors (Lipinski definition) is 1. The Morgan fingerprint density at radius 3 is 2.46 bits per heavy atom. The summed E-state index contributed by atoms with van der Waals surface area (Å²) in [6.45, 7) is 3.11. The Balaban J connectivity index is 2.67. The van der Waals surface area contributed by atoms with E-state index in [0.717, 1.165) is 18.2 Å². The predicted octanol–water partition coefficient (Wildman–Crippen LogP) is 2.11.